The molecule has 1 fully saturated rings. The summed E-state index contributed by atoms with van der Waals surface area (Å²) in [5.74, 6) is 0.457. The van der Waals surface area contributed by atoms with E-state index in [4.69, 9.17) is 4.74 Å². The molecule has 3 amide bonds. The number of hydrogen-bond donors (Lipinski definition) is 2. The highest BCUT2D eigenvalue weighted by molar-refractivity contribution is 5.97. The van der Waals surface area contributed by atoms with E-state index in [-0.39, 0.29) is 24.6 Å². The van der Waals surface area contributed by atoms with Gasteiger partial charge in [-0.25, -0.2) is 4.79 Å². The minimum atomic E-state index is -4.58. The molecule has 1 heterocycles. The molecule has 3 rings (SSSR count). The lowest BCUT2D eigenvalue weighted by atomic mass is 10.1. The first-order chi connectivity index (χ1) is 13.3. The van der Waals surface area contributed by atoms with Crippen LogP contribution in [0.5, 0.6) is 5.75 Å². The summed E-state index contributed by atoms with van der Waals surface area (Å²) in [5.41, 5.74) is -0.630. The van der Waals surface area contributed by atoms with Crippen molar-refractivity contribution in [1.82, 2.24) is 5.32 Å². The highest BCUT2D eigenvalue weighted by atomic mass is 19.4. The number of nitrogens with one attached hydrogen (secondary N) is 2. The molecule has 6 nitrogen and oxygen atoms in total. The summed E-state index contributed by atoms with van der Waals surface area (Å²) in [4.78, 5) is 25.9. The molecular formula is C19H18F3N3O3. The molecule has 28 heavy (non-hydrogen) atoms. The molecule has 0 saturated carbocycles. The molecule has 0 spiro atoms. The monoisotopic (exact) mass is 393 g/mol. The maximum absolute atomic E-state index is 13.0. The van der Waals surface area contributed by atoms with E-state index in [1.807, 2.05) is 0 Å². The van der Waals surface area contributed by atoms with Crippen LogP contribution in [0.4, 0.5) is 29.3 Å². The lowest BCUT2D eigenvalue weighted by Crippen LogP contribution is -2.40. The number of ether oxygens (including phenoxy) is 1. The second-order valence-corrected chi connectivity index (χ2v) is 6.25. The van der Waals surface area contributed by atoms with Gasteiger partial charge in [0.2, 0.25) is 5.91 Å². The Morgan fingerprint density at radius 3 is 2.46 bits per heavy atom. The number of anilines is 2. The Bertz CT molecular complexity index is 869. The predicted octanol–water partition coefficient (Wildman–Crippen LogP) is 3.64. The normalized spacial score (nSPS) is 16.8. The molecule has 0 aromatic heterocycles. The smallest absolute Gasteiger partial charge is 0.418 e. The van der Waals surface area contributed by atoms with E-state index in [0.717, 1.165) is 6.07 Å². The van der Waals surface area contributed by atoms with E-state index in [0.29, 0.717) is 11.4 Å². The SMILES string of the molecule is COc1ccc(N2CC(NC(=O)Nc3ccccc3C(F)(F)F)CC2=O)cc1. The summed E-state index contributed by atoms with van der Waals surface area (Å²) in [6.45, 7) is 0.222. The van der Waals surface area contributed by atoms with Crippen LogP contribution in [0.1, 0.15) is 12.0 Å². The van der Waals surface area contributed by atoms with E-state index in [9.17, 15) is 22.8 Å². The number of alkyl halides is 3. The fourth-order valence-corrected chi connectivity index (χ4v) is 3.00. The third-order valence-corrected chi connectivity index (χ3v) is 4.33. The Morgan fingerprint density at radius 1 is 1.14 bits per heavy atom. The number of para-hydroxylation sites is 1. The molecule has 1 aliphatic rings. The number of amides is 3. The quantitative estimate of drug-likeness (QED) is 0.833. The molecule has 0 bridgehead atoms. The number of carbonyl (C=O) groups is 2. The summed E-state index contributed by atoms with van der Waals surface area (Å²) in [7, 11) is 1.53. The zero-order chi connectivity index (χ0) is 20.3. The van der Waals surface area contributed by atoms with Crippen LogP contribution in [-0.4, -0.2) is 31.6 Å². The van der Waals surface area contributed by atoms with Crippen LogP contribution in [0.2, 0.25) is 0 Å². The third-order valence-electron chi connectivity index (χ3n) is 4.33. The minimum absolute atomic E-state index is 0.0559. The average molecular weight is 393 g/mol. The van der Waals surface area contributed by atoms with E-state index < -0.39 is 23.8 Å². The zero-order valence-electron chi connectivity index (χ0n) is 14.9. The van der Waals surface area contributed by atoms with Crippen molar-refractivity contribution in [3.63, 3.8) is 0 Å². The van der Waals surface area contributed by atoms with Crippen molar-refractivity contribution in [3.05, 3.63) is 54.1 Å². The minimum Gasteiger partial charge on any atom is -0.497 e. The molecule has 2 aromatic carbocycles. The topological polar surface area (TPSA) is 70.7 Å². The standard InChI is InChI=1S/C19H18F3N3O3/c1-28-14-8-6-13(7-9-14)25-11-12(10-17(25)26)23-18(27)24-16-5-3-2-4-15(16)19(20,21)22/h2-9,12H,10-11H2,1H3,(H2,23,24,27). The number of rotatable bonds is 4. The molecule has 0 radical (unpaired) electrons. The number of methoxy groups -OCH3 is 1. The Kier molecular flexibility index (Phi) is 5.43. The van der Waals surface area contributed by atoms with Gasteiger partial charge in [0.25, 0.3) is 0 Å². The van der Waals surface area contributed by atoms with Crippen LogP contribution in [0.25, 0.3) is 0 Å². The fraction of sp³-hybridized carbons (Fsp3) is 0.263. The van der Waals surface area contributed by atoms with Gasteiger partial charge in [0.05, 0.1) is 24.4 Å². The molecule has 1 saturated heterocycles. The van der Waals surface area contributed by atoms with E-state index in [1.165, 1.54) is 30.2 Å². The van der Waals surface area contributed by atoms with Crippen molar-refractivity contribution >= 4 is 23.3 Å². The Labute approximate surface area is 159 Å². The molecule has 2 N–H and O–H groups in total. The molecule has 0 aliphatic carbocycles. The number of hydrogen-bond acceptors (Lipinski definition) is 3. The molecule has 1 aliphatic heterocycles. The zero-order valence-corrected chi connectivity index (χ0v) is 14.9. The first-order valence-electron chi connectivity index (χ1n) is 8.46. The summed E-state index contributed by atoms with van der Waals surface area (Å²) >= 11 is 0. The molecule has 1 atom stereocenters. The Morgan fingerprint density at radius 2 is 1.82 bits per heavy atom. The van der Waals surface area contributed by atoms with Crippen molar-refractivity contribution in [2.24, 2.45) is 0 Å². The van der Waals surface area contributed by atoms with Gasteiger partial charge in [0.15, 0.2) is 0 Å². The number of halogens is 3. The van der Waals surface area contributed by atoms with Gasteiger partial charge in [0, 0.05) is 18.7 Å². The van der Waals surface area contributed by atoms with Gasteiger partial charge in [-0.05, 0) is 36.4 Å². The first kappa shape index (κ1) is 19.5. The van der Waals surface area contributed by atoms with Gasteiger partial charge in [-0.15, -0.1) is 0 Å². The molecule has 2 aromatic rings. The molecule has 148 valence electrons. The van der Waals surface area contributed by atoms with E-state index in [2.05, 4.69) is 10.6 Å². The summed E-state index contributed by atoms with van der Waals surface area (Å²) in [5, 5.41) is 4.77. The lowest BCUT2D eigenvalue weighted by molar-refractivity contribution is -0.136. The summed E-state index contributed by atoms with van der Waals surface area (Å²) < 4.78 is 44.1. The first-order valence-corrected chi connectivity index (χ1v) is 8.46. The number of urea groups is 1. The van der Waals surface area contributed by atoms with Crippen LogP contribution in [0.3, 0.4) is 0 Å². The number of nitrogens with zero attached hydrogens (tertiary/aromatic N) is 1. The van der Waals surface area contributed by atoms with Gasteiger partial charge in [-0.3, -0.25) is 4.79 Å². The largest absolute Gasteiger partial charge is 0.497 e. The van der Waals surface area contributed by atoms with Crippen molar-refractivity contribution in [1.29, 1.82) is 0 Å². The Balaban J connectivity index is 1.63. The second kappa shape index (κ2) is 7.79. The average Bonchev–Trinajstić information content (AvgIpc) is 3.01. The van der Waals surface area contributed by atoms with Gasteiger partial charge in [-0.2, -0.15) is 13.2 Å². The summed E-state index contributed by atoms with van der Waals surface area (Å²) in [6.07, 6.45) is -4.53. The van der Waals surface area contributed by atoms with E-state index in [1.54, 1.807) is 24.3 Å². The van der Waals surface area contributed by atoms with Gasteiger partial charge >= 0.3 is 12.2 Å². The van der Waals surface area contributed by atoms with Crippen LogP contribution in [0.15, 0.2) is 48.5 Å². The molecular weight excluding hydrogens is 375 g/mol. The summed E-state index contributed by atoms with van der Waals surface area (Å²) in [6, 6.07) is 10.3. The third kappa shape index (κ3) is 4.36. The molecule has 9 heteroatoms. The van der Waals surface area contributed by atoms with Crippen LogP contribution in [-0.2, 0) is 11.0 Å². The maximum Gasteiger partial charge on any atom is 0.418 e. The second-order valence-electron chi connectivity index (χ2n) is 6.25. The van der Waals surface area contributed by atoms with Gasteiger partial charge in [-0.1, -0.05) is 12.1 Å². The lowest BCUT2D eigenvalue weighted by Gasteiger charge is -2.18. The highest BCUT2D eigenvalue weighted by Gasteiger charge is 2.35. The maximum atomic E-state index is 13.0. The van der Waals surface area contributed by atoms with Crippen LogP contribution in [0, 0.1) is 0 Å². The fourth-order valence-electron chi connectivity index (χ4n) is 3.00. The van der Waals surface area contributed by atoms with Crippen LogP contribution >= 0.6 is 0 Å². The molecule has 1 unspecified atom stereocenters. The number of benzene rings is 2. The predicted molar refractivity (Wildman–Crippen MR) is 97.4 cm³/mol. The Hall–Kier alpha value is -3.23. The van der Waals surface area contributed by atoms with Crippen molar-refractivity contribution in [2.75, 3.05) is 23.9 Å². The van der Waals surface area contributed by atoms with Crippen molar-refractivity contribution < 1.29 is 27.5 Å². The van der Waals surface area contributed by atoms with E-state index >= 15 is 0 Å². The number of carbonyl (C=O) groups excluding carboxylic acids is 2. The van der Waals surface area contributed by atoms with Crippen molar-refractivity contribution in [2.45, 2.75) is 18.6 Å². The van der Waals surface area contributed by atoms with Gasteiger partial charge < -0.3 is 20.3 Å². The van der Waals surface area contributed by atoms with Crippen molar-refractivity contribution in [3.8, 4) is 5.75 Å². The van der Waals surface area contributed by atoms with Gasteiger partial charge in [0.1, 0.15) is 5.75 Å². The highest BCUT2D eigenvalue weighted by Crippen LogP contribution is 2.34. The van der Waals surface area contributed by atoms with Crippen LogP contribution < -0.4 is 20.3 Å².